The first-order valence-electron chi connectivity index (χ1n) is 6.55. The van der Waals surface area contributed by atoms with Crippen molar-refractivity contribution in [2.24, 2.45) is 22.1 Å². The molecule has 0 bridgehead atoms. The van der Waals surface area contributed by atoms with Crippen LogP contribution < -0.4 is 16.4 Å². The molecule has 0 aliphatic carbocycles. The monoisotopic (exact) mass is 256 g/mol. The Bertz CT molecular complexity index is 297. The van der Waals surface area contributed by atoms with Crippen molar-refractivity contribution < 1.29 is 4.79 Å². The predicted molar refractivity (Wildman–Crippen MR) is 76.4 cm³/mol. The van der Waals surface area contributed by atoms with Crippen molar-refractivity contribution in [2.75, 3.05) is 13.1 Å². The van der Waals surface area contributed by atoms with E-state index in [0.717, 1.165) is 12.5 Å². The van der Waals surface area contributed by atoms with Crippen LogP contribution in [0.2, 0.25) is 0 Å². The smallest absolute Gasteiger partial charge is 0.224 e. The fourth-order valence-electron chi connectivity index (χ4n) is 1.06. The molecule has 0 aromatic carbocycles. The SMILES string of the molecule is CCNC(=NCC(C)(C)C(N)=O)NC(C)C(C)C. The maximum absolute atomic E-state index is 11.2. The van der Waals surface area contributed by atoms with Gasteiger partial charge in [0.05, 0.1) is 12.0 Å². The molecule has 0 saturated heterocycles. The van der Waals surface area contributed by atoms with E-state index in [-0.39, 0.29) is 5.91 Å². The normalized spacial score (nSPS) is 14.5. The molecule has 1 amide bonds. The molecule has 5 nitrogen and oxygen atoms in total. The van der Waals surface area contributed by atoms with Gasteiger partial charge in [0.1, 0.15) is 0 Å². The van der Waals surface area contributed by atoms with Crippen LogP contribution >= 0.6 is 0 Å². The highest BCUT2D eigenvalue weighted by Gasteiger charge is 2.24. The number of hydrogen-bond acceptors (Lipinski definition) is 2. The number of rotatable bonds is 6. The molecule has 0 aliphatic rings. The Balaban J connectivity index is 4.64. The first-order chi connectivity index (χ1) is 8.20. The summed E-state index contributed by atoms with van der Waals surface area (Å²) in [4.78, 5) is 15.7. The van der Waals surface area contributed by atoms with Gasteiger partial charge in [-0.15, -0.1) is 0 Å². The lowest BCUT2D eigenvalue weighted by atomic mass is 9.93. The van der Waals surface area contributed by atoms with E-state index in [4.69, 9.17) is 5.73 Å². The third kappa shape index (κ3) is 5.89. The van der Waals surface area contributed by atoms with E-state index in [1.807, 2.05) is 6.92 Å². The molecule has 0 aromatic heterocycles. The number of primary amides is 1. The van der Waals surface area contributed by atoms with Crippen LogP contribution in [0.1, 0.15) is 41.5 Å². The zero-order valence-electron chi connectivity index (χ0n) is 12.5. The van der Waals surface area contributed by atoms with E-state index in [0.29, 0.717) is 18.5 Å². The van der Waals surface area contributed by atoms with Crippen LogP contribution in [0.15, 0.2) is 4.99 Å². The van der Waals surface area contributed by atoms with Crippen LogP contribution in [0.25, 0.3) is 0 Å². The average Bonchev–Trinajstić information content (AvgIpc) is 2.25. The second-order valence-electron chi connectivity index (χ2n) is 5.62. The lowest BCUT2D eigenvalue weighted by Gasteiger charge is -2.23. The van der Waals surface area contributed by atoms with Gasteiger partial charge in [-0.25, -0.2) is 0 Å². The van der Waals surface area contributed by atoms with Gasteiger partial charge in [0.25, 0.3) is 0 Å². The first kappa shape index (κ1) is 16.7. The highest BCUT2D eigenvalue weighted by Crippen LogP contribution is 2.14. The molecule has 4 N–H and O–H groups in total. The summed E-state index contributed by atoms with van der Waals surface area (Å²) in [5, 5.41) is 6.48. The van der Waals surface area contributed by atoms with Gasteiger partial charge in [0, 0.05) is 12.6 Å². The summed E-state index contributed by atoms with van der Waals surface area (Å²) in [6.07, 6.45) is 0. The second kappa shape index (κ2) is 7.24. The summed E-state index contributed by atoms with van der Waals surface area (Å²) in [5.74, 6) is 0.907. The topological polar surface area (TPSA) is 79.5 Å². The van der Waals surface area contributed by atoms with Gasteiger partial charge in [-0.2, -0.15) is 0 Å². The minimum Gasteiger partial charge on any atom is -0.369 e. The minimum atomic E-state index is -0.622. The number of amides is 1. The molecule has 0 saturated carbocycles. The Labute approximate surface area is 111 Å². The number of nitrogens with two attached hydrogens (primary N) is 1. The highest BCUT2D eigenvalue weighted by atomic mass is 16.1. The zero-order valence-corrected chi connectivity index (χ0v) is 12.5. The number of guanidine groups is 1. The Kier molecular flexibility index (Phi) is 6.73. The standard InChI is InChI=1S/C13H28N4O/c1-7-15-12(17-10(4)9(2)3)16-8-13(5,6)11(14)18/h9-10H,7-8H2,1-6H3,(H2,14,18)(H2,15,16,17). The summed E-state index contributed by atoms with van der Waals surface area (Å²) < 4.78 is 0. The maximum atomic E-state index is 11.2. The summed E-state index contributed by atoms with van der Waals surface area (Å²) in [6, 6.07) is 0.319. The van der Waals surface area contributed by atoms with Gasteiger partial charge in [-0.1, -0.05) is 13.8 Å². The van der Waals surface area contributed by atoms with Gasteiger partial charge in [0.2, 0.25) is 5.91 Å². The van der Waals surface area contributed by atoms with Crippen LogP contribution in [0, 0.1) is 11.3 Å². The van der Waals surface area contributed by atoms with Crippen molar-refractivity contribution in [3.05, 3.63) is 0 Å². The Morgan fingerprint density at radius 2 is 1.89 bits per heavy atom. The van der Waals surface area contributed by atoms with Crippen molar-refractivity contribution in [3.63, 3.8) is 0 Å². The number of nitrogens with zero attached hydrogens (tertiary/aromatic N) is 1. The molecule has 5 heteroatoms. The van der Waals surface area contributed by atoms with E-state index in [1.165, 1.54) is 0 Å². The average molecular weight is 256 g/mol. The maximum Gasteiger partial charge on any atom is 0.224 e. The lowest BCUT2D eigenvalue weighted by Crippen LogP contribution is -2.45. The lowest BCUT2D eigenvalue weighted by molar-refractivity contribution is -0.125. The van der Waals surface area contributed by atoms with Crippen molar-refractivity contribution >= 4 is 11.9 Å². The quantitative estimate of drug-likeness (QED) is 0.492. The molecule has 18 heavy (non-hydrogen) atoms. The molecule has 0 fully saturated rings. The summed E-state index contributed by atoms with van der Waals surface area (Å²) in [6.45, 7) is 13.2. The van der Waals surface area contributed by atoms with Gasteiger partial charge in [0.15, 0.2) is 5.96 Å². The van der Waals surface area contributed by atoms with Crippen molar-refractivity contribution in [2.45, 2.75) is 47.6 Å². The molecular formula is C13H28N4O. The molecule has 0 aromatic rings. The van der Waals surface area contributed by atoms with Crippen LogP contribution in [0.4, 0.5) is 0 Å². The van der Waals surface area contributed by atoms with Crippen LogP contribution in [-0.4, -0.2) is 31.0 Å². The number of hydrogen-bond donors (Lipinski definition) is 3. The molecule has 1 atom stereocenters. The Morgan fingerprint density at radius 1 is 1.33 bits per heavy atom. The second-order valence-corrected chi connectivity index (χ2v) is 5.62. The summed E-state index contributed by atoms with van der Waals surface area (Å²) in [5.41, 5.74) is 4.71. The number of nitrogens with one attached hydrogen (secondary N) is 2. The van der Waals surface area contributed by atoms with Gasteiger partial charge in [-0.05, 0) is 33.6 Å². The third-order valence-electron chi connectivity index (χ3n) is 3.01. The van der Waals surface area contributed by atoms with Crippen LogP contribution in [0.3, 0.4) is 0 Å². The molecule has 106 valence electrons. The van der Waals surface area contributed by atoms with E-state index in [9.17, 15) is 4.79 Å². The van der Waals surface area contributed by atoms with Crippen molar-refractivity contribution in [1.82, 2.24) is 10.6 Å². The molecule has 0 rings (SSSR count). The predicted octanol–water partition coefficient (Wildman–Crippen LogP) is 1.10. The molecular weight excluding hydrogens is 228 g/mol. The largest absolute Gasteiger partial charge is 0.369 e. The van der Waals surface area contributed by atoms with Gasteiger partial charge >= 0.3 is 0 Å². The molecule has 1 unspecified atom stereocenters. The Hall–Kier alpha value is -1.26. The van der Waals surface area contributed by atoms with E-state index in [1.54, 1.807) is 13.8 Å². The summed E-state index contributed by atoms with van der Waals surface area (Å²) >= 11 is 0. The van der Waals surface area contributed by atoms with Crippen LogP contribution in [-0.2, 0) is 4.79 Å². The molecule has 0 radical (unpaired) electrons. The third-order valence-corrected chi connectivity index (χ3v) is 3.01. The molecule has 0 aliphatic heterocycles. The molecule has 0 spiro atoms. The zero-order chi connectivity index (χ0) is 14.3. The fraction of sp³-hybridized carbons (Fsp3) is 0.846. The van der Waals surface area contributed by atoms with E-state index >= 15 is 0 Å². The summed E-state index contributed by atoms with van der Waals surface area (Å²) in [7, 11) is 0. The van der Waals surface area contributed by atoms with Crippen molar-refractivity contribution in [3.8, 4) is 0 Å². The first-order valence-corrected chi connectivity index (χ1v) is 6.55. The number of carbonyl (C=O) groups excluding carboxylic acids is 1. The van der Waals surface area contributed by atoms with E-state index in [2.05, 4.69) is 36.4 Å². The van der Waals surface area contributed by atoms with Crippen LogP contribution in [0.5, 0.6) is 0 Å². The van der Waals surface area contributed by atoms with Gasteiger partial charge in [-0.3, -0.25) is 9.79 Å². The van der Waals surface area contributed by atoms with E-state index < -0.39 is 5.41 Å². The molecule has 0 heterocycles. The Morgan fingerprint density at radius 3 is 2.28 bits per heavy atom. The number of carbonyl (C=O) groups is 1. The van der Waals surface area contributed by atoms with Gasteiger partial charge < -0.3 is 16.4 Å². The highest BCUT2D eigenvalue weighted by molar-refractivity contribution is 5.82. The van der Waals surface area contributed by atoms with Crippen molar-refractivity contribution in [1.29, 1.82) is 0 Å². The fourth-order valence-corrected chi connectivity index (χ4v) is 1.06. The minimum absolute atomic E-state index is 0.319. The number of aliphatic imine (C=N–C) groups is 1.